The van der Waals surface area contributed by atoms with Crippen LogP contribution in [0.2, 0.25) is 0 Å². The standard InChI is InChI=1S/C25H25N5O2/c1-16-19-15-18(8-9-20(19)29-28-16)24-25(30-13-5-4-6-23(30)27-24)26-12-11-17-7-10-21(31-2)22(14-17)32-3/h4-10,13-15,26H,11-12H2,1-3H3,(H,28,29). The van der Waals surface area contributed by atoms with Gasteiger partial charge in [-0.3, -0.25) is 9.50 Å². The Hall–Kier alpha value is -4.00. The molecule has 0 radical (unpaired) electrons. The number of pyridine rings is 1. The van der Waals surface area contributed by atoms with Crippen LogP contribution >= 0.6 is 0 Å². The van der Waals surface area contributed by atoms with E-state index in [-0.39, 0.29) is 0 Å². The minimum Gasteiger partial charge on any atom is -0.493 e. The number of nitrogens with one attached hydrogen (secondary N) is 2. The highest BCUT2D eigenvalue weighted by atomic mass is 16.5. The van der Waals surface area contributed by atoms with Gasteiger partial charge in [-0.1, -0.05) is 18.2 Å². The molecule has 0 amide bonds. The Morgan fingerprint density at radius 3 is 2.72 bits per heavy atom. The number of hydrogen-bond donors (Lipinski definition) is 2. The summed E-state index contributed by atoms with van der Waals surface area (Å²) in [6, 6.07) is 18.4. The number of aryl methyl sites for hydroxylation is 1. The molecule has 32 heavy (non-hydrogen) atoms. The monoisotopic (exact) mass is 427 g/mol. The van der Waals surface area contributed by atoms with Gasteiger partial charge in [0.2, 0.25) is 0 Å². The van der Waals surface area contributed by atoms with Crippen molar-refractivity contribution in [2.24, 2.45) is 0 Å². The second-order valence-corrected chi connectivity index (χ2v) is 7.67. The van der Waals surface area contributed by atoms with E-state index in [1.54, 1.807) is 14.2 Å². The van der Waals surface area contributed by atoms with E-state index >= 15 is 0 Å². The number of methoxy groups -OCH3 is 2. The minimum atomic E-state index is 0.734. The highest BCUT2D eigenvalue weighted by Gasteiger charge is 2.15. The highest BCUT2D eigenvalue weighted by Crippen LogP contribution is 2.32. The number of ether oxygens (including phenoxy) is 2. The van der Waals surface area contributed by atoms with Crippen molar-refractivity contribution in [3.63, 3.8) is 0 Å². The third-order valence-electron chi connectivity index (χ3n) is 5.71. The number of fused-ring (bicyclic) bond motifs is 2. The normalized spacial score (nSPS) is 11.2. The first-order valence-corrected chi connectivity index (χ1v) is 10.5. The lowest BCUT2D eigenvalue weighted by atomic mass is 10.1. The van der Waals surface area contributed by atoms with Crippen molar-refractivity contribution >= 4 is 22.4 Å². The molecular weight excluding hydrogens is 402 g/mol. The fourth-order valence-corrected chi connectivity index (χ4v) is 4.02. The van der Waals surface area contributed by atoms with Gasteiger partial charge in [0, 0.05) is 23.7 Å². The molecule has 7 heteroatoms. The average Bonchev–Trinajstić information content (AvgIpc) is 3.39. The zero-order valence-corrected chi connectivity index (χ0v) is 18.3. The molecule has 0 saturated carbocycles. The van der Waals surface area contributed by atoms with Crippen LogP contribution in [-0.2, 0) is 6.42 Å². The van der Waals surface area contributed by atoms with Crippen LogP contribution in [-0.4, -0.2) is 40.3 Å². The van der Waals surface area contributed by atoms with Crippen molar-refractivity contribution in [3.8, 4) is 22.8 Å². The van der Waals surface area contributed by atoms with Crippen molar-refractivity contribution in [2.45, 2.75) is 13.3 Å². The Balaban J connectivity index is 1.46. The molecule has 0 aliphatic carbocycles. The predicted molar refractivity (Wildman–Crippen MR) is 127 cm³/mol. The van der Waals surface area contributed by atoms with E-state index in [2.05, 4.69) is 44.2 Å². The summed E-state index contributed by atoms with van der Waals surface area (Å²) in [7, 11) is 3.30. The van der Waals surface area contributed by atoms with Crippen LogP contribution in [0, 0.1) is 6.92 Å². The average molecular weight is 428 g/mol. The van der Waals surface area contributed by atoms with Gasteiger partial charge < -0.3 is 14.8 Å². The van der Waals surface area contributed by atoms with Gasteiger partial charge >= 0.3 is 0 Å². The lowest BCUT2D eigenvalue weighted by Gasteiger charge is -2.11. The van der Waals surface area contributed by atoms with E-state index in [4.69, 9.17) is 14.5 Å². The molecule has 0 saturated heterocycles. The zero-order chi connectivity index (χ0) is 22.1. The van der Waals surface area contributed by atoms with E-state index in [1.807, 2.05) is 43.5 Å². The molecule has 5 aromatic rings. The molecule has 3 aromatic heterocycles. The number of nitrogens with zero attached hydrogens (tertiary/aromatic N) is 3. The Bertz CT molecular complexity index is 1400. The lowest BCUT2D eigenvalue weighted by molar-refractivity contribution is 0.354. The van der Waals surface area contributed by atoms with E-state index in [0.717, 1.165) is 63.8 Å². The summed E-state index contributed by atoms with van der Waals surface area (Å²) in [5.41, 5.74) is 6.05. The summed E-state index contributed by atoms with van der Waals surface area (Å²) < 4.78 is 12.9. The van der Waals surface area contributed by atoms with Crippen LogP contribution in [0.25, 0.3) is 27.8 Å². The van der Waals surface area contributed by atoms with Crippen molar-refractivity contribution < 1.29 is 9.47 Å². The molecule has 0 aliphatic heterocycles. The number of H-pyrrole nitrogens is 1. The quantitative estimate of drug-likeness (QED) is 0.388. The highest BCUT2D eigenvalue weighted by molar-refractivity contribution is 5.88. The van der Waals surface area contributed by atoms with Gasteiger partial charge in [0.1, 0.15) is 17.2 Å². The first kappa shape index (κ1) is 19.9. The zero-order valence-electron chi connectivity index (χ0n) is 18.3. The summed E-state index contributed by atoms with van der Waals surface area (Å²) in [5.74, 6) is 2.45. The molecule has 0 atom stereocenters. The molecule has 0 spiro atoms. The van der Waals surface area contributed by atoms with Crippen LogP contribution in [0.3, 0.4) is 0 Å². The fourth-order valence-electron chi connectivity index (χ4n) is 4.02. The third kappa shape index (κ3) is 3.51. The predicted octanol–water partition coefficient (Wildman–Crippen LogP) is 4.86. The molecular formula is C25H25N5O2. The van der Waals surface area contributed by atoms with Gasteiger partial charge in [0.15, 0.2) is 11.5 Å². The number of anilines is 1. The maximum atomic E-state index is 5.43. The molecule has 0 aliphatic rings. The van der Waals surface area contributed by atoms with Crippen LogP contribution in [0.1, 0.15) is 11.3 Å². The number of imidazole rings is 1. The van der Waals surface area contributed by atoms with Crippen LogP contribution < -0.4 is 14.8 Å². The maximum Gasteiger partial charge on any atom is 0.160 e. The number of hydrogen-bond acceptors (Lipinski definition) is 5. The largest absolute Gasteiger partial charge is 0.493 e. The Morgan fingerprint density at radius 2 is 1.88 bits per heavy atom. The van der Waals surface area contributed by atoms with Gasteiger partial charge in [-0.05, 0) is 55.3 Å². The smallest absolute Gasteiger partial charge is 0.160 e. The van der Waals surface area contributed by atoms with Crippen LogP contribution in [0.4, 0.5) is 5.82 Å². The van der Waals surface area contributed by atoms with E-state index < -0.39 is 0 Å². The van der Waals surface area contributed by atoms with E-state index in [9.17, 15) is 0 Å². The number of rotatable bonds is 7. The molecule has 2 aromatic carbocycles. The topological polar surface area (TPSA) is 76.5 Å². The molecule has 0 fully saturated rings. The lowest BCUT2D eigenvalue weighted by Crippen LogP contribution is -2.08. The summed E-state index contributed by atoms with van der Waals surface area (Å²) in [6.07, 6.45) is 2.87. The third-order valence-corrected chi connectivity index (χ3v) is 5.71. The molecule has 7 nitrogen and oxygen atoms in total. The maximum absolute atomic E-state index is 5.43. The van der Waals surface area contributed by atoms with Gasteiger partial charge in [-0.25, -0.2) is 4.98 Å². The fraction of sp³-hybridized carbons (Fsp3) is 0.200. The van der Waals surface area contributed by atoms with Crippen molar-refractivity contribution in [2.75, 3.05) is 26.1 Å². The van der Waals surface area contributed by atoms with E-state index in [1.165, 1.54) is 5.56 Å². The summed E-state index contributed by atoms with van der Waals surface area (Å²) >= 11 is 0. The molecule has 0 unspecified atom stereocenters. The van der Waals surface area contributed by atoms with Crippen molar-refractivity contribution in [1.29, 1.82) is 0 Å². The Labute approximate surface area is 186 Å². The SMILES string of the molecule is COc1ccc(CCNc2c(-c3ccc4[nH]nc(C)c4c3)nc3ccccn23)cc1OC. The summed E-state index contributed by atoms with van der Waals surface area (Å²) in [4.78, 5) is 4.91. The second-order valence-electron chi connectivity index (χ2n) is 7.67. The Morgan fingerprint density at radius 1 is 1.00 bits per heavy atom. The molecule has 0 bridgehead atoms. The summed E-state index contributed by atoms with van der Waals surface area (Å²) in [5, 5.41) is 12.1. The molecule has 5 rings (SSSR count). The van der Waals surface area contributed by atoms with E-state index in [0.29, 0.717) is 0 Å². The van der Waals surface area contributed by atoms with Crippen molar-refractivity contribution in [3.05, 3.63) is 72.1 Å². The summed E-state index contributed by atoms with van der Waals surface area (Å²) in [6.45, 7) is 2.76. The number of aromatic amines is 1. The number of benzene rings is 2. The van der Waals surface area contributed by atoms with Crippen LogP contribution in [0.15, 0.2) is 60.8 Å². The first-order valence-electron chi connectivity index (χ1n) is 10.5. The van der Waals surface area contributed by atoms with Crippen LogP contribution in [0.5, 0.6) is 11.5 Å². The molecule has 3 heterocycles. The van der Waals surface area contributed by atoms with Gasteiger partial charge in [-0.2, -0.15) is 5.10 Å². The second kappa shape index (κ2) is 8.26. The minimum absolute atomic E-state index is 0.734. The Kier molecular flexibility index (Phi) is 5.15. The van der Waals surface area contributed by atoms with Crippen molar-refractivity contribution in [1.82, 2.24) is 19.6 Å². The van der Waals surface area contributed by atoms with Gasteiger partial charge in [-0.15, -0.1) is 0 Å². The molecule has 162 valence electrons. The first-order chi connectivity index (χ1) is 15.7. The molecule has 2 N–H and O–H groups in total. The van der Waals surface area contributed by atoms with Gasteiger partial charge in [0.05, 0.1) is 25.4 Å². The van der Waals surface area contributed by atoms with Gasteiger partial charge in [0.25, 0.3) is 0 Å². The number of aromatic nitrogens is 4.